The van der Waals surface area contributed by atoms with Crippen LogP contribution in [0.1, 0.15) is 27.7 Å². The highest BCUT2D eigenvalue weighted by atomic mass is 16.8. The van der Waals surface area contributed by atoms with E-state index >= 15 is 0 Å². The minimum atomic E-state index is -1.28. The van der Waals surface area contributed by atoms with Crippen LogP contribution in [-0.2, 0) is 40.4 Å². The van der Waals surface area contributed by atoms with E-state index in [2.05, 4.69) is 48.8 Å². The molecule has 3 heterocycles. The van der Waals surface area contributed by atoms with Gasteiger partial charge < -0.3 is 24.1 Å². The molecule has 9 heteroatoms. The molecule has 0 radical (unpaired) electrons. The van der Waals surface area contributed by atoms with E-state index in [0.717, 1.165) is 0 Å². The molecule has 0 unspecified atom stereocenters. The number of ether oxygens (including phenoxy) is 4. The summed E-state index contributed by atoms with van der Waals surface area (Å²) in [6, 6.07) is 14.6. The molecule has 0 saturated carbocycles. The van der Waals surface area contributed by atoms with E-state index < -0.39 is 35.4 Å². The monoisotopic (exact) mass is 546 g/mol. The third-order valence-corrected chi connectivity index (χ3v) is 5.30. The maximum Gasteiger partial charge on any atom is 0.348 e. The van der Waals surface area contributed by atoms with Crippen LogP contribution in [0.3, 0.4) is 0 Å². The van der Waals surface area contributed by atoms with Crippen molar-refractivity contribution in [3.8, 4) is 11.1 Å². The fourth-order valence-electron chi connectivity index (χ4n) is 3.43. The molecule has 1 aromatic heterocycles. The number of cyclic esters (lactones) is 3. The molecule has 1 aromatic carbocycles. The van der Waals surface area contributed by atoms with Crippen molar-refractivity contribution in [2.75, 3.05) is 0 Å². The van der Waals surface area contributed by atoms with Gasteiger partial charge in [-0.15, -0.1) is 0 Å². The Bertz CT molecular complexity index is 1370. The molecule has 40 heavy (non-hydrogen) atoms. The highest BCUT2D eigenvalue weighted by Gasteiger charge is 2.38. The van der Waals surface area contributed by atoms with Crippen molar-refractivity contribution in [2.45, 2.75) is 39.3 Å². The molecule has 0 aliphatic carbocycles. The van der Waals surface area contributed by atoms with Crippen molar-refractivity contribution in [3.63, 3.8) is 0 Å². The maximum absolute atomic E-state index is 11.8. The average Bonchev–Trinajstić information content (AvgIpc) is 2.86. The van der Waals surface area contributed by atoms with Gasteiger partial charge >= 0.3 is 17.9 Å². The first-order chi connectivity index (χ1) is 18.9. The van der Waals surface area contributed by atoms with E-state index in [1.165, 1.54) is 63.1 Å². The second-order valence-corrected chi connectivity index (χ2v) is 9.62. The summed E-state index contributed by atoms with van der Waals surface area (Å²) in [6.07, 6.45) is 14.3. The van der Waals surface area contributed by atoms with Crippen LogP contribution in [0.2, 0.25) is 0 Å². The molecule has 0 bridgehead atoms. The number of aliphatic hydroxyl groups is 1. The SMILES string of the molecule is CC1(C)OC(=O)C(=C/C=C/C=C/C=C/C2=C(O)OC(C)(C)OC2=O)C(=O)O1.C[n+]1ccc(-c2ccccc2)cc1. The van der Waals surface area contributed by atoms with Crippen molar-refractivity contribution in [3.05, 3.63) is 114 Å². The predicted molar refractivity (Wildman–Crippen MR) is 146 cm³/mol. The van der Waals surface area contributed by atoms with Gasteiger partial charge in [-0.05, 0) is 23.3 Å². The van der Waals surface area contributed by atoms with E-state index in [-0.39, 0.29) is 11.1 Å². The summed E-state index contributed by atoms with van der Waals surface area (Å²) in [5.41, 5.74) is 2.21. The molecule has 4 rings (SSSR count). The van der Waals surface area contributed by atoms with Gasteiger partial charge in [-0.2, -0.15) is 0 Å². The van der Waals surface area contributed by atoms with Crippen molar-refractivity contribution in [2.24, 2.45) is 7.05 Å². The number of aryl methyl sites for hydroxylation is 1. The number of aromatic nitrogens is 1. The smallest absolute Gasteiger partial charge is 0.348 e. The molecule has 2 aromatic rings. The largest absolute Gasteiger partial charge is 0.480 e. The van der Waals surface area contributed by atoms with Gasteiger partial charge in [0.15, 0.2) is 12.4 Å². The molecule has 2 aliphatic heterocycles. The summed E-state index contributed by atoms with van der Waals surface area (Å²) in [5, 5.41) is 9.72. The van der Waals surface area contributed by atoms with Gasteiger partial charge in [-0.25, -0.2) is 19.0 Å². The molecule has 0 atom stereocenters. The second-order valence-electron chi connectivity index (χ2n) is 9.62. The number of carbonyl (C=O) groups excluding carboxylic acids is 3. The topological polar surface area (TPSA) is 112 Å². The Labute approximate surface area is 232 Å². The van der Waals surface area contributed by atoms with E-state index in [0.29, 0.717) is 0 Å². The fraction of sp³-hybridized carbons (Fsp3) is 0.226. The second kappa shape index (κ2) is 12.8. The number of benzene rings is 1. The Morgan fingerprint density at radius 3 is 1.77 bits per heavy atom. The third-order valence-electron chi connectivity index (χ3n) is 5.30. The van der Waals surface area contributed by atoms with E-state index in [9.17, 15) is 19.5 Å². The van der Waals surface area contributed by atoms with Gasteiger partial charge in [0.2, 0.25) is 0 Å². The highest BCUT2D eigenvalue weighted by Crippen LogP contribution is 2.26. The predicted octanol–water partition coefficient (Wildman–Crippen LogP) is 4.67. The molecular formula is C31H32NO8+. The van der Waals surface area contributed by atoms with Crippen LogP contribution in [0, 0.1) is 0 Å². The van der Waals surface area contributed by atoms with Crippen LogP contribution < -0.4 is 4.57 Å². The number of carbonyl (C=O) groups is 3. The Morgan fingerprint density at radius 1 is 0.675 bits per heavy atom. The minimum absolute atomic E-state index is 0.111. The molecule has 1 N–H and O–H groups in total. The number of hydrogen-bond acceptors (Lipinski definition) is 8. The first-order valence-electron chi connectivity index (χ1n) is 12.4. The summed E-state index contributed by atoms with van der Waals surface area (Å²) in [6.45, 7) is 5.93. The third kappa shape index (κ3) is 8.56. The van der Waals surface area contributed by atoms with Crippen LogP contribution in [0.5, 0.6) is 0 Å². The lowest BCUT2D eigenvalue weighted by Crippen LogP contribution is -2.41. The first-order valence-corrected chi connectivity index (χ1v) is 12.4. The van der Waals surface area contributed by atoms with Crippen LogP contribution in [0.25, 0.3) is 11.1 Å². The Hall–Kier alpha value is -4.92. The molecule has 9 nitrogen and oxygen atoms in total. The van der Waals surface area contributed by atoms with Gasteiger partial charge in [0.1, 0.15) is 18.2 Å². The Kier molecular flexibility index (Phi) is 9.45. The lowest BCUT2D eigenvalue weighted by molar-refractivity contribution is -0.671. The zero-order valence-electron chi connectivity index (χ0n) is 23.0. The number of esters is 3. The molecular weight excluding hydrogens is 514 g/mol. The number of aliphatic hydroxyl groups excluding tert-OH is 1. The molecule has 0 spiro atoms. The number of allylic oxidation sites excluding steroid dienone is 6. The van der Waals surface area contributed by atoms with Crippen LogP contribution in [-0.4, -0.2) is 34.6 Å². The summed E-state index contributed by atoms with van der Waals surface area (Å²) in [4.78, 5) is 35.2. The summed E-state index contributed by atoms with van der Waals surface area (Å²) in [5.74, 6) is -5.23. The lowest BCUT2D eigenvalue weighted by atomic mass is 10.1. The maximum atomic E-state index is 11.8. The van der Waals surface area contributed by atoms with Gasteiger partial charge in [0.25, 0.3) is 17.5 Å². The van der Waals surface area contributed by atoms with Gasteiger partial charge in [-0.1, -0.05) is 60.7 Å². The first kappa shape index (κ1) is 29.6. The van der Waals surface area contributed by atoms with Crippen LogP contribution in [0.15, 0.2) is 114 Å². The van der Waals surface area contributed by atoms with Crippen molar-refractivity contribution in [1.82, 2.24) is 0 Å². The van der Waals surface area contributed by atoms with Gasteiger partial charge in [0, 0.05) is 39.8 Å². The van der Waals surface area contributed by atoms with Crippen LogP contribution in [0.4, 0.5) is 0 Å². The molecule has 0 amide bonds. The highest BCUT2D eigenvalue weighted by molar-refractivity contribution is 6.15. The zero-order valence-corrected chi connectivity index (χ0v) is 23.0. The molecule has 208 valence electrons. The minimum Gasteiger partial charge on any atom is -0.480 e. The van der Waals surface area contributed by atoms with E-state index in [4.69, 9.17) is 18.9 Å². The summed E-state index contributed by atoms with van der Waals surface area (Å²) >= 11 is 0. The quantitative estimate of drug-likeness (QED) is 0.189. The number of rotatable bonds is 5. The van der Waals surface area contributed by atoms with E-state index in [1.807, 2.05) is 17.7 Å². The molecule has 2 aliphatic rings. The van der Waals surface area contributed by atoms with E-state index in [1.54, 1.807) is 18.2 Å². The normalized spacial score (nSPS) is 18.1. The fourth-order valence-corrected chi connectivity index (χ4v) is 3.43. The molecule has 1 fully saturated rings. The summed E-state index contributed by atoms with van der Waals surface area (Å²) in [7, 11) is 2.02. The van der Waals surface area contributed by atoms with Crippen molar-refractivity contribution >= 4 is 17.9 Å². The average molecular weight is 547 g/mol. The number of pyridine rings is 1. The zero-order chi connectivity index (χ0) is 29.3. The Morgan fingerprint density at radius 2 is 1.18 bits per heavy atom. The number of nitrogens with zero attached hydrogens (tertiary/aromatic N) is 1. The van der Waals surface area contributed by atoms with Gasteiger partial charge in [-0.3, -0.25) is 0 Å². The number of hydrogen-bond donors (Lipinski definition) is 1. The summed E-state index contributed by atoms with van der Waals surface area (Å²) < 4.78 is 22.0. The Balaban J connectivity index is 0.000000281. The standard InChI is InChI=1S/C19H20O8.C12H12N/c1-18(2)24-14(20)12(15(21)25-18)10-8-6-5-7-9-11-13-16(22)26-19(3,4)27-17(13)23;1-13-9-7-12(8-10-13)11-5-3-2-4-6-11/h5-11,20H,1-4H3;2-10H,1H3/q;+1/b6-5+,9-7+,10-8+;. The van der Waals surface area contributed by atoms with Crippen LogP contribution >= 0.6 is 0 Å². The lowest BCUT2D eigenvalue weighted by Gasteiger charge is -2.29. The van der Waals surface area contributed by atoms with Gasteiger partial charge in [0.05, 0.1) is 0 Å². The molecule has 1 saturated heterocycles. The van der Waals surface area contributed by atoms with Crippen molar-refractivity contribution in [1.29, 1.82) is 0 Å². The van der Waals surface area contributed by atoms with Crippen molar-refractivity contribution < 1.29 is 43.0 Å².